The van der Waals surface area contributed by atoms with E-state index in [1.165, 1.54) is 0 Å². The van der Waals surface area contributed by atoms with Crippen molar-refractivity contribution in [2.45, 2.75) is 0 Å². The van der Waals surface area contributed by atoms with Gasteiger partial charge in [-0.3, -0.25) is 0 Å². The van der Waals surface area contributed by atoms with Crippen molar-refractivity contribution in [3.63, 3.8) is 0 Å². The molecule has 0 aliphatic rings. The smallest absolute Gasteiger partial charge is 0.0357 e. The second kappa shape index (κ2) is 5.45. The maximum absolute atomic E-state index is 3.36. The predicted molar refractivity (Wildman–Crippen MR) is 52.5 cm³/mol. The number of halogens is 4. The molecule has 0 saturated carbocycles. The van der Waals surface area contributed by atoms with Crippen LogP contribution in [0.3, 0.4) is 0 Å². The third kappa shape index (κ3) is 3.64. The first-order chi connectivity index (χ1) is 3.72. The normalized spacial score (nSPS) is 13.5. The molecule has 0 aromatic carbocycles. The van der Waals surface area contributed by atoms with Crippen LogP contribution >= 0.6 is 63.7 Å². The van der Waals surface area contributed by atoms with E-state index in [4.69, 9.17) is 0 Å². The third-order valence-electron chi connectivity index (χ3n) is 0.529. The van der Waals surface area contributed by atoms with Crippen LogP contribution in [0.25, 0.3) is 0 Å². The van der Waals surface area contributed by atoms with Crippen LogP contribution in [0, 0.1) is 0 Å². The molecule has 0 fully saturated rings. The molecule has 4 heteroatoms. The zero-order valence-corrected chi connectivity index (χ0v) is 10.3. The lowest BCUT2D eigenvalue weighted by Gasteiger charge is -1.93. The lowest BCUT2D eigenvalue weighted by Crippen LogP contribution is -1.77. The van der Waals surface area contributed by atoms with Gasteiger partial charge in [0, 0.05) is 19.6 Å². The maximum atomic E-state index is 3.36. The molecule has 48 valence electrons. The minimum absolute atomic E-state index is 0.860. The van der Waals surface area contributed by atoms with Gasteiger partial charge in [-0.05, 0) is 0 Å². The standard InChI is InChI=1S/C4H4Br4/c5-1-3(7)4(8)2-6/h1-2H2/b4-3-. The Labute approximate surface area is 82.6 Å². The van der Waals surface area contributed by atoms with Crippen molar-refractivity contribution in [2.75, 3.05) is 10.7 Å². The number of allylic oxidation sites excluding steroid dienone is 2. The van der Waals surface area contributed by atoms with E-state index >= 15 is 0 Å². The van der Waals surface area contributed by atoms with Crippen LogP contribution in [0.4, 0.5) is 0 Å². The summed E-state index contributed by atoms with van der Waals surface area (Å²) in [6, 6.07) is 0. The zero-order valence-electron chi connectivity index (χ0n) is 3.93. The van der Waals surface area contributed by atoms with Crippen molar-refractivity contribution in [3.8, 4) is 0 Å². The van der Waals surface area contributed by atoms with E-state index in [1.54, 1.807) is 0 Å². The molecule has 0 atom stereocenters. The molecule has 8 heavy (non-hydrogen) atoms. The van der Waals surface area contributed by atoms with Gasteiger partial charge >= 0.3 is 0 Å². The molecule has 0 nitrogen and oxygen atoms in total. The Hall–Kier alpha value is 1.66. The Morgan fingerprint density at radius 3 is 1.25 bits per heavy atom. The summed E-state index contributed by atoms with van der Waals surface area (Å²) >= 11 is 13.3. The SMILES string of the molecule is BrC/C(Br)=C(/Br)CBr. The first-order valence-electron chi connectivity index (χ1n) is 1.87. The third-order valence-corrected chi connectivity index (χ3v) is 5.21. The van der Waals surface area contributed by atoms with Crippen molar-refractivity contribution >= 4 is 63.7 Å². The van der Waals surface area contributed by atoms with E-state index in [0.29, 0.717) is 0 Å². The highest BCUT2D eigenvalue weighted by molar-refractivity contribution is 9.16. The van der Waals surface area contributed by atoms with Gasteiger partial charge in [-0.2, -0.15) is 0 Å². The molecule has 0 aliphatic carbocycles. The Bertz CT molecular complexity index is 84.2. The fourth-order valence-electron chi connectivity index (χ4n) is 0.145. The highest BCUT2D eigenvalue weighted by Gasteiger charge is 1.94. The van der Waals surface area contributed by atoms with Gasteiger partial charge in [0.2, 0.25) is 0 Å². The molecule has 0 rings (SSSR count). The van der Waals surface area contributed by atoms with E-state index in [-0.39, 0.29) is 0 Å². The van der Waals surface area contributed by atoms with Gasteiger partial charge in [-0.1, -0.05) is 63.7 Å². The summed E-state index contributed by atoms with van der Waals surface area (Å²) in [4.78, 5) is 0. The van der Waals surface area contributed by atoms with Crippen LogP contribution in [0.5, 0.6) is 0 Å². The molecule has 0 bridgehead atoms. The first kappa shape index (κ1) is 9.66. The highest BCUT2D eigenvalue weighted by Crippen LogP contribution is 2.20. The number of alkyl halides is 2. The average Bonchev–Trinajstić information content (AvgIpc) is 1.84. The number of hydrogen-bond acceptors (Lipinski definition) is 0. The zero-order chi connectivity index (χ0) is 6.57. The molecule has 0 saturated heterocycles. The van der Waals surface area contributed by atoms with Gasteiger partial charge in [-0.25, -0.2) is 0 Å². The monoisotopic (exact) mass is 368 g/mol. The van der Waals surface area contributed by atoms with E-state index in [9.17, 15) is 0 Å². The average molecular weight is 372 g/mol. The molecule has 0 N–H and O–H groups in total. The quantitative estimate of drug-likeness (QED) is 0.648. The van der Waals surface area contributed by atoms with Crippen LogP contribution in [0.1, 0.15) is 0 Å². The summed E-state index contributed by atoms with van der Waals surface area (Å²) < 4.78 is 2.30. The Morgan fingerprint density at radius 2 is 1.12 bits per heavy atom. The maximum Gasteiger partial charge on any atom is 0.0357 e. The molecular weight excluding hydrogens is 368 g/mol. The van der Waals surface area contributed by atoms with Gasteiger partial charge < -0.3 is 0 Å². The van der Waals surface area contributed by atoms with Crippen LogP contribution in [0.2, 0.25) is 0 Å². The van der Waals surface area contributed by atoms with Gasteiger partial charge in [0.25, 0.3) is 0 Å². The Balaban J connectivity index is 3.83. The van der Waals surface area contributed by atoms with Crippen molar-refractivity contribution in [3.05, 3.63) is 8.96 Å². The molecule has 0 unspecified atom stereocenters. The molecule has 0 amide bonds. The minimum atomic E-state index is 0.860. The summed E-state index contributed by atoms with van der Waals surface area (Å²) in [6.45, 7) is 0. The van der Waals surface area contributed by atoms with Crippen LogP contribution in [-0.2, 0) is 0 Å². The summed E-state index contributed by atoms with van der Waals surface area (Å²) in [6.07, 6.45) is 0. The molecule has 0 radical (unpaired) electrons. The second-order valence-electron chi connectivity index (χ2n) is 1.08. The number of rotatable bonds is 2. The highest BCUT2D eigenvalue weighted by atomic mass is 79.9. The Kier molecular flexibility index (Phi) is 6.58. The van der Waals surface area contributed by atoms with Crippen LogP contribution < -0.4 is 0 Å². The fourth-order valence-corrected chi connectivity index (χ4v) is 1.85. The van der Waals surface area contributed by atoms with Crippen molar-refractivity contribution < 1.29 is 0 Å². The molecule has 0 heterocycles. The molecule has 0 aromatic heterocycles. The lowest BCUT2D eigenvalue weighted by molar-refractivity contribution is 1.64. The predicted octanol–water partition coefficient (Wildman–Crippen LogP) is 3.78. The summed E-state index contributed by atoms with van der Waals surface area (Å²) in [5, 5.41) is 1.72. The molecule has 0 spiro atoms. The fraction of sp³-hybridized carbons (Fsp3) is 0.500. The second-order valence-corrected chi connectivity index (χ2v) is 4.11. The topological polar surface area (TPSA) is 0 Å². The van der Waals surface area contributed by atoms with Gasteiger partial charge in [0.15, 0.2) is 0 Å². The van der Waals surface area contributed by atoms with Gasteiger partial charge in [0.1, 0.15) is 0 Å². The van der Waals surface area contributed by atoms with E-state index in [0.717, 1.165) is 19.6 Å². The van der Waals surface area contributed by atoms with Crippen molar-refractivity contribution in [1.29, 1.82) is 0 Å². The van der Waals surface area contributed by atoms with E-state index < -0.39 is 0 Å². The summed E-state index contributed by atoms with van der Waals surface area (Å²) in [5.74, 6) is 0. The van der Waals surface area contributed by atoms with Gasteiger partial charge in [0.05, 0.1) is 0 Å². The first-order valence-corrected chi connectivity index (χ1v) is 5.70. The van der Waals surface area contributed by atoms with E-state index in [1.807, 2.05) is 0 Å². The van der Waals surface area contributed by atoms with Crippen LogP contribution in [0.15, 0.2) is 8.96 Å². The van der Waals surface area contributed by atoms with E-state index in [2.05, 4.69) is 63.7 Å². The number of hydrogen-bond donors (Lipinski definition) is 0. The lowest BCUT2D eigenvalue weighted by atomic mass is 10.6. The van der Waals surface area contributed by atoms with Gasteiger partial charge in [-0.15, -0.1) is 0 Å². The molecular formula is C4H4Br4. The minimum Gasteiger partial charge on any atom is -0.0870 e. The molecule has 0 aliphatic heterocycles. The summed E-state index contributed by atoms with van der Waals surface area (Å²) in [7, 11) is 0. The van der Waals surface area contributed by atoms with Crippen molar-refractivity contribution in [1.82, 2.24) is 0 Å². The van der Waals surface area contributed by atoms with Crippen LogP contribution in [-0.4, -0.2) is 10.7 Å². The largest absolute Gasteiger partial charge is 0.0870 e. The summed E-state index contributed by atoms with van der Waals surface area (Å²) in [5.41, 5.74) is 0. The Morgan fingerprint density at radius 1 is 0.875 bits per heavy atom. The van der Waals surface area contributed by atoms with Crippen molar-refractivity contribution in [2.24, 2.45) is 0 Å². The molecule has 0 aromatic rings.